The summed E-state index contributed by atoms with van der Waals surface area (Å²) in [6, 6.07) is 1.77. The molecule has 0 fully saturated rings. The molecule has 0 atom stereocenters. The van der Waals surface area contributed by atoms with Crippen LogP contribution in [0.1, 0.15) is 17.7 Å². The van der Waals surface area contributed by atoms with Crippen LogP contribution in [0, 0.1) is 11.3 Å². The molecule has 68 valence electrons. The van der Waals surface area contributed by atoms with Crippen LogP contribution in [0.25, 0.3) is 0 Å². The molecule has 1 rings (SSSR count). The zero-order chi connectivity index (χ0) is 10.0. The third kappa shape index (κ3) is 1.75. The van der Waals surface area contributed by atoms with E-state index in [2.05, 4.69) is 20.9 Å². The average molecular weight is 248 g/mol. The monoisotopic (exact) mass is 247 g/mol. The van der Waals surface area contributed by atoms with Crippen LogP contribution in [-0.4, -0.2) is 4.98 Å². The fourth-order valence-corrected chi connectivity index (χ4v) is 1.16. The summed E-state index contributed by atoms with van der Waals surface area (Å²) >= 11 is 2.94. The lowest BCUT2D eigenvalue weighted by Gasteiger charge is -2.05. The van der Waals surface area contributed by atoms with Gasteiger partial charge in [-0.1, -0.05) is 0 Å². The number of nitrogens with two attached hydrogens (primary N) is 1. The number of nitriles is 1. The van der Waals surface area contributed by atoms with Crippen LogP contribution in [0.3, 0.4) is 0 Å². The quantitative estimate of drug-likeness (QED) is 0.828. The van der Waals surface area contributed by atoms with Gasteiger partial charge in [0.15, 0.2) is 0 Å². The van der Waals surface area contributed by atoms with Crippen molar-refractivity contribution in [2.75, 3.05) is 5.73 Å². The second-order valence-electron chi connectivity index (χ2n) is 2.20. The SMILES string of the molecule is N#Cc1cnc(C(F)F)c(N)c1Br. The summed E-state index contributed by atoms with van der Waals surface area (Å²) in [4.78, 5) is 3.38. The predicted molar refractivity (Wildman–Crippen MR) is 46.0 cm³/mol. The van der Waals surface area contributed by atoms with Crippen molar-refractivity contribution < 1.29 is 8.78 Å². The maximum atomic E-state index is 12.2. The molecule has 0 unspecified atom stereocenters. The molecule has 0 bridgehead atoms. The highest BCUT2D eigenvalue weighted by Crippen LogP contribution is 2.30. The number of anilines is 1. The Hall–Kier alpha value is -1.22. The molecular weight excluding hydrogens is 244 g/mol. The molecule has 0 aliphatic carbocycles. The van der Waals surface area contributed by atoms with Crippen LogP contribution in [0.5, 0.6) is 0 Å². The van der Waals surface area contributed by atoms with Gasteiger partial charge in [0.05, 0.1) is 15.7 Å². The van der Waals surface area contributed by atoms with E-state index in [0.717, 1.165) is 6.20 Å². The van der Waals surface area contributed by atoms with Gasteiger partial charge in [-0.05, 0) is 15.9 Å². The van der Waals surface area contributed by atoms with Crippen molar-refractivity contribution in [2.24, 2.45) is 0 Å². The van der Waals surface area contributed by atoms with E-state index in [0.29, 0.717) is 0 Å². The molecule has 0 spiro atoms. The van der Waals surface area contributed by atoms with Gasteiger partial charge in [-0.2, -0.15) is 5.26 Å². The molecule has 2 N–H and O–H groups in total. The summed E-state index contributed by atoms with van der Waals surface area (Å²) in [5.41, 5.74) is 4.77. The van der Waals surface area contributed by atoms with Crippen molar-refractivity contribution in [2.45, 2.75) is 6.43 Å². The lowest BCUT2D eigenvalue weighted by atomic mass is 10.2. The highest BCUT2D eigenvalue weighted by Gasteiger charge is 2.17. The van der Waals surface area contributed by atoms with Gasteiger partial charge in [0.25, 0.3) is 6.43 Å². The molecule has 6 heteroatoms. The lowest BCUT2D eigenvalue weighted by Crippen LogP contribution is -2.01. The van der Waals surface area contributed by atoms with Crippen LogP contribution in [0.4, 0.5) is 14.5 Å². The van der Waals surface area contributed by atoms with Crippen LogP contribution in [-0.2, 0) is 0 Å². The highest BCUT2D eigenvalue weighted by atomic mass is 79.9. The fourth-order valence-electron chi connectivity index (χ4n) is 0.770. The molecular formula is C7H4BrF2N3. The molecule has 0 saturated carbocycles. The smallest absolute Gasteiger partial charge is 0.282 e. The number of alkyl halides is 2. The minimum Gasteiger partial charge on any atom is -0.396 e. The van der Waals surface area contributed by atoms with Crippen molar-refractivity contribution in [3.05, 3.63) is 21.9 Å². The maximum absolute atomic E-state index is 12.2. The number of halogens is 3. The van der Waals surface area contributed by atoms with Gasteiger partial charge >= 0.3 is 0 Å². The van der Waals surface area contributed by atoms with Gasteiger partial charge < -0.3 is 5.73 Å². The van der Waals surface area contributed by atoms with Crippen LogP contribution in [0.15, 0.2) is 10.7 Å². The molecule has 0 saturated heterocycles. The predicted octanol–water partition coefficient (Wildman–Crippen LogP) is 2.24. The standard InChI is InChI=1S/C7H4BrF2N3/c8-4-3(1-11)2-13-6(5(4)12)7(9)10/h2,7H,12H2. The van der Waals surface area contributed by atoms with Crippen molar-refractivity contribution in [3.8, 4) is 6.07 Å². The lowest BCUT2D eigenvalue weighted by molar-refractivity contribution is 0.147. The Kier molecular flexibility index (Phi) is 2.78. The molecule has 0 aliphatic heterocycles. The number of hydrogen-bond donors (Lipinski definition) is 1. The number of rotatable bonds is 1. The van der Waals surface area contributed by atoms with E-state index in [9.17, 15) is 8.78 Å². The normalized spacial score (nSPS) is 10.1. The minimum absolute atomic E-state index is 0.141. The van der Waals surface area contributed by atoms with Gasteiger partial charge in [-0.25, -0.2) is 8.78 Å². The summed E-state index contributed by atoms with van der Waals surface area (Å²) in [6.45, 7) is 0. The molecule has 1 aromatic heterocycles. The summed E-state index contributed by atoms with van der Waals surface area (Å²) < 4.78 is 24.6. The Morgan fingerprint density at radius 1 is 1.62 bits per heavy atom. The number of hydrogen-bond acceptors (Lipinski definition) is 3. The summed E-state index contributed by atoms with van der Waals surface area (Å²) in [6.07, 6.45) is -1.67. The van der Waals surface area contributed by atoms with E-state index >= 15 is 0 Å². The van der Waals surface area contributed by atoms with E-state index in [1.54, 1.807) is 6.07 Å². The van der Waals surface area contributed by atoms with Crippen molar-refractivity contribution >= 4 is 21.6 Å². The maximum Gasteiger partial charge on any atom is 0.282 e. The second kappa shape index (κ2) is 3.66. The molecule has 1 aromatic rings. The molecule has 0 aromatic carbocycles. The number of pyridine rings is 1. The first-order valence-electron chi connectivity index (χ1n) is 3.20. The molecule has 3 nitrogen and oxygen atoms in total. The van der Waals surface area contributed by atoms with Crippen LogP contribution >= 0.6 is 15.9 Å². The molecule has 13 heavy (non-hydrogen) atoms. The fraction of sp³-hybridized carbons (Fsp3) is 0.143. The van der Waals surface area contributed by atoms with Crippen molar-refractivity contribution in [1.82, 2.24) is 4.98 Å². The summed E-state index contributed by atoms with van der Waals surface area (Å²) in [5.74, 6) is 0. The van der Waals surface area contributed by atoms with E-state index < -0.39 is 12.1 Å². The Bertz CT molecular complexity index is 373. The summed E-state index contributed by atoms with van der Waals surface area (Å²) in [7, 11) is 0. The molecule has 0 radical (unpaired) electrons. The van der Waals surface area contributed by atoms with E-state index in [1.165, 1.54) is 0 Å². The van der Waals surface area contributed by atoms with Gasteiger partial charge in [-0.15, -0.1) is 0 Å². The molecule has 0 aliphatic rings. The average Bonchev–Trinajstić information content (AvgIpc) is 2.09. The topological polar surface area (TPSA) is 62.7 Å². The van der Waals surface area contributed by atoms with Gasteiger partial charge in [0.2, 0.25) is 0 Å². The first kappa shape index (κ1) is 9.86. The summed E-state index contributed by atoms with van der Waals surface area (Å²) in [5, 5.41) is 8.51. The first-order valence-corrected chi connectivity index (χ1v) is 3.99. The largest absolute Gasteiger partial charge is 0.396 e. The van der Waals surface area contributed by atoms with Crippen molar-refractivity contribution in [3.63, 3.8) is 0 Å². The van der Waals surface area contributed by atoms with Gasteiger partial charge in [0, 0.05) is 6.20 Å². The Morgan fingerprint density at radius 2 is 2.23 bits per heavy atom. The number of aromatic nitrogens is 1. The Labute approximate surface area is 81.3 Å². The third-order valence-corrected chi connectivity index (χ3v) is 2.26. The van der Waals surface area contributed by atoms with Crippen LogP contribution < -0.4 is 5.73 Å². The minimum atomic E-state index is -2.73. The van der Waals surface area contributed by atoms with Gasteiger partial charge in [0.1, 0.15) is 11.8 Å². The van der Waals surface area contributed by atoms with Crippen LogP contribution in [0.2, 0.25) is 0 Å². The first-order chi connectivity index (χ1) is 6.07. The van der Waals surface area contributed by atoms with Crippen molar-refractivity contribution in [1.29, 1.82) is 5.26 Å². The number of nitrogen functional groups attached to an aromatic ring is 1. The number of nitrogens with zero attached hydrogens (tertiary/aromatic N) is 2. The Morgan fingerprint density at radius 3 is 2.69 bits per heavy atom. The molecule has 0 amide bonds. The van der Waals surface area contributed by atoms with Gasteiger partial charge in [-0.3, -0.25) is 4.98 Å². The Balaban J connectivity index is 3.33. The third-order valence-electron chi connectivity index (χ3n) is 1.41. The highest BCUT2D eigenvalue weighted by molar-refractivity contribution is 9.10. The van der Waals surface area contributed by atoms with E-state index in [4.69, 9.17) is 11.0 Å². The zero-order valence-electron chi connectivity index (χ0n) is 6.26. The van der Waals surface area contributed by atoms with E-state index in [1.807, 2.05) is 0 Å². The molecule has 1 heterocycles. The van der Waals surface area contributed by atoms with E-state index in [-0.39, 0.29) is 15.7 Å². The second-order valence-corrected chi connectivity index (χ2v) is 2.99. The zero-order valence-corrected chi connectivity index (χ0v) is 7.85.